The predicted molar refractivity (Wildman–Crippen MR) is 138 cm³/mol. The van der Waals surface area contributed by atoms with Gasteiger partial charge in [0.2, 0.25) is 5.91 Å². The third-order valence-corrected chi connectivity index (χ3v) is 6.83. The summed E-state index contributed by atoms with van der Waals surface area (Å²) in [5.41, 5.74) is 2.89. The number of halogens is 1. The fourth-order valence-electron chi connectivity index (χ4n) is 4.49. The second-order valence-electron chi connectivity index (χ2n) is 9.15. The molecule has 4 rings (SSSR count). The molecule has 0 radical (unpaired) electrons. The highest BCUT2D eigenvalue weighted by molar-refractivity contribution is 9.10. The lowest BCUT2D eigenvalue weighted by molar-refractivity contribution is -0.146. The maximum atomic E-state index is 13.8. The number of unbranched alkanes of at least 4 members (excludes halogenated alkanes) is 1. The molecule has 2 unspecified atom stereocenters. The van der Waals surface area contributed by atoms with Crippen molar-refractivity contribution in [3.63, 3.8) is 0 Å². The topological polar surface area (TPSA) is 74.4 Å². The molecule has 1 aliphatic heterocycles. The Bertz CT molecular complexity index is 1170. The van der Waals surface area contributed by atoms with E-state index in [-0.39, 0.29) is 17.7 Å². The summed E-state index contributed by atoms with van der Waals surface area (Å²) in [7, 11) is 0. The Hall–Kier alpha value is -2.80. The van der Waals surface area contributed by atoms with Crippen molar-refractivity contribution in [1.29, 1.82) is 0 Å². The number of aromatic amines is 1. The third-order valence-electron chi connectivity index (χ3n) is 6.34. The Kier molecular flexibility index (Phi) is 7.61. The molecule has 180 valence electrons. The van der Waals surface area contributed by atoms with E-state index in [1.54, 1.807) is 4.90 Å². The van der Waals surface area contributed by atoms with E-state index in [0.717, 1.165) is 33.8 Å². The highest BCUT2D eigenvalue weighted by atomic mass is 79.9. The minimum atomic E-state index is -0.759. The molecule has 0 saturated heterocycles. The maximum Gasteiger partial charge on any atom is 0.264 e. The van der Waals surface area contributed by atoms with E-state index in [2.05, 4.69) is 39.2 Å². The summed E-state index contributed by atoms with van der Waals surface area (Å²) in [5, 5.41) is 4.18. The van der Waals surface area contributed by atoms with Crippen LogP contribution >= 0.6 is 15.9 Å². The zero-order valence-electron chi connectivity index (χ0n) is 19.9. The SMILES string of the molecule is CCCCNC(=O)C1c2cc(Br)ccc2OC(C(C)C)C(=O)N1CCc1c[nH]c2ccccc12. The summed E-state index contributed by atoms with van der Waals surface area (Å²) >= 11 is 3.54. The first-order chi connectivity index (χ1) is 16.4. The average Bonchev–Trinajstić information content (AvgIpc) is 3.18. The maximum absolute atomic E-state index is 13.8. The van der Waals surface area contributed by atoms with Crippen LogP contribution in [0.3, 0.4) is 0 Å². The quantitative estimate of drug-likeness (QED) is 0.388. The largest absolute Gasteiger partial charge is 0.480 e. The first kappa shape index (κ1) is 24.3. The minimum absolute atomic E-state index is 0.0403. The molecular formula is C27H32BrN3O3. The Labute approximate surface area is 209 Å². The van der Waals surface area contributed by atoms with Crippen LogP contribution in [0.1, 0.15) is 50.8 Å². The standard InChI is InChI=1S/C27H32BrN3O3/c1-4-5-13-29-26(32)24-21-15-19(28)10-11-23(21)34-25(17(2)3)27(33)31(24)14-12-18-16-30-22-9-7-6-8-20(18)22/h6-11,15-17,24-25,30H,4-5,12-14H2,1-3H3,(H,29,32). The van der Waals surface area contributed by atoms with Crippen LogP contribution in [-0.2, 0) is 16.0 Å². The van der Waals surface area contributed by atoms with Crippen LogP contribution < -0.4 is 10.1 Å². The molecule has 1 aromatic heterocycles. The molecule has 0 fully saturated rings. The first-order valence-electron chi connectivity index (χ1n) is 12.0. The predicted octanol–water partition coefficient (Wildman–Crippen LogP) is 5.38. The second kappa shape index (κ2) is 10.6. The molecule has 2 heterocycles. The van der Waals surface area contributed by atoms with Gasteiger partial charge in [0.25, 0.3) is 5.91 Å². The number of carbonyl (C=O) groups excluding carboxylic acids is 2. The van der Waals surface area contributed by atoms with Crippen LogP contribution in [0.2, 0.25) is 0 Å². The van der Waals surface area contributed by atoms with Gasteiger partial charge < -0.3 is 19.9 Å². The molecule has 0 spiro atoms. The van der Waals surface area contributed by atoms with Gasteiger partial charge in [-0.15, -0.1) is 0 Å². The monoisotopic (exact) mass is 525 g/mol. The molecule has 6 nitrogen and oxygen atoms in total. The van der Waals surface area contributed by atoms with Crippen molar-refractivity contribution < 1.29 is 14.3 Å². The minimum Gasteiger partial charge on any atom is -0.480 e. The van der Waals surface area contributed by atoms with Crippen LogP contribution in [0.5, 0.6) is 5.75 Å². The molecule has 3 aromatic rings. The van der Waals surface area contributed by atoms with Crippen molar-refractivity contribution in [2.45, 2.75) is 52.2 Å². The lowest BCUT2D eigenvalue weighted by Crippen LogP contribution is -2.49. The van der Waals surface area contributed by atoms with E-state index < -0.39 is 12.1 Å². The van der Waals surface area contributed by atoms with E-state index in [1.165, 1.54) is 0 Å². The Morgan fingerprint density at radius 3 is 2.79 bits per heavy atom. The number of hydrogen-bond donors (Lipinski definition) is 2. The number of H-pyrrole nitrogens is 1. The number of para-hydroxylation sites is 1. The molecule has 7 heteroatoms. The summed E-state index contributed by atoms with van der Waals surface area (Å²) in [5.74, 6) is 0.216. The van der Waals surface area contributed by atoms with E-state index in [4.69, 9.17) is 4.74 Å². The number of nitrogens with one attached hydrogen (secondary N) is 2. The number of benzene rings is 2. The van der Waals surface area contributed by atoms with Gasteiger partial charge in [-0.25, -0.2) is 0 Å². The van der Waals surface area contributed by atoms with Crippen molar-refractivity contribution in [3.05, 3.63) is 64.3 Å². The van der Waals surface area contributed by atoms with Crippen molar-refractivity contribution in [2.75, 3.05) is 13.1 Å². The Morgan fingerprint density at radius 2 is 2.03 bits per heavy atom. The van der Waals surface area contributed by atoms with Crippen LogP contribution in [0, 0.1) is 5.92 Å². The van der Waals surface area contributed by atoms with Gasteiger partial charge in [-0.2, -0.15) is 0 Å². The zero-order valence-corrected chi connectivity index (χ0v) is 21.5. The number of nitrogens with zero attached hydrogens (tertiary/aromatic N) is 1. The molecule has 2 aromatic carbocycles. The van der Waals surface area contributed by atoms with Crippen molar-refractivity contribution in [1.82, 2.24) is 15.2 Å². The van der Waals surface area contributed by atoms with Gasteiger partial charge in [0, 0.05) is 40.2 Å². The number of carbonyl (C=O) groups is 2. The summed E-state index contributed by atoms with van der Waals surface area (Å²) in [6.45, 7) is 7.02. The van der Waals surface area contributed by atoms with Crippen LogP contribution in [-0.4, -0.2) is 40.9 Å². The fraction of sp³-hybridized carbons (Fsp3) is 0.407. The molecule has 0 aliphatic carbocycles. The highest BCUT2D eigenvalue weighted by Gasteiger charge is 2.41. The van der Waals surface area contributed by atoms with Gasteiger partial charge in [0.05, 0.1) is 0 Å². The van der Waals surface area contributed by atoms with Crippen molar-refractivity contribution in [2.24, 2.45) is 5.92 Å². The van der Waals surface area contributed by atoms with Gasteiger partial charge in [-0.3, -0.25) is 9.59 Å². The van der Waals surface area contributed by atoms with Gasteiger partial charge in [0.15, 0.2) is 6.10 Å². The number of hydrogen-bond acceptors (Lipinski definition) is 3. The van der Waals surface area contributed by atoms with E-state index in [0.29, 0.717) is 30.8 Å². The number of rotatable bonds is 8. The van der Waals surface area contributed by atoms with Gasteiger partial charge >= 0.3 is 0 Å². The van der Waals surface area contributed by atoms with Crippen LogP contribution in [0.4, 0.5) is 0 Å². The fourth-order valence-corrected chi connectivity index (χ4v) is 4.87. The number of amides is 2. The molecule has 0 saturated carbocycles. The first-order valence-corrected chi connectivity index (χ1v) is 12.8. The Morgan fingerprint density at radius 1 is 1.24 bits per heavy atom. The smallest absolute Gasteiger partial charge is 0.264 e. The molecule has 0 bridgehead atoms. The third kappa shape index (κ3) is 4.99. The summed E-state index contributed by atoms with van der Waals surface area (Å²) < 4.78 is 7.07. The van der Waals surface area contributed by atoms with Crippen LogP contribution in [0.25, 0.3) is 10.9 Å². The molecule has 1 aliphatic rings. The average molecular weight is 526 g/mol. The van der Waals surface area contributed by atoms with Crippen LogP contribution in [0.15, 0.2) is 53.1 Å². The van der Waals surface area contributed by atoms with E-state index in [1.807, 2.05) is 56.4 Å². The summed E-state index contributed by atoms with van der Waals surface area (Å²) in [6.07, 6.45) is 3.83. The molecule has 2 N–H and O–H groups in total. The highest BCUT2D eigenvalue weighted by Crippen LogP contribution is 2.38. The summed E-state index contributed by atoms with van der Waals surface area (Å²) in [4.78, 5) is 32.4. The molecule has 2 atom stereocenters. The number of ether oxygens (including phenoxy) is 1. The lowest BCUT2D eigenvalue weighted by atomic mass is 10.0. The normalized spacial score (nSPS) is 18.0. The van der Waals surface area contributed by atoms with E-state index >= 15 is 0 Å². The van der Waals surface area contributed by atoms with Gasteiger partial charge in [-0.1, -0.05) is 61.3 Å². The molecule has 2 amide bonds. The van der Waals surface area contributed by atoms with Gasteiger partial charge in [-0.05, 0) is 48.6 Å². The van der Waals surface area contributed by atoms with Gasteiger partial charge in [0.1, 0.15) is 11.8 Å². The van der Waals surface area contributed by atoms with E-state index in [9.17, 15) is 9.59 Å². The Balaban J connectivity index is 1.73. The lowest BCUT2D eigenvalue weighted by Gasteiger charge is -2.31. The van der Waals surface area contributed by atoms with Crippen molar-refractivity contribution >= 4 is 38.6 Å². The number of aromatic nitrogens is 1. The number of fused-ring (bicyclic) bond motifs is 2. The van der Waals surface area contributed by atoms with Crippen molar-refractivity contribution in [3.8, 4) is 5.75 Å². The molecular weight excluding hydrogens is 494 g/mol. The second-order valence-corrected chi connectivity index (χ2v) is 10.1. The summed E-state index contributed by atoms with van der Waals surface area (Å²) in [6, 6.07) is 13.0. The molecule has 34 heavy (non-hydrogen) atoms. The zero-order chi connectivity index (χ0) is 24.2.